The first-order chi connectivity index (χ1) is 7.69. The van der Waals surface area contributed by atoms with E-state index in [0.29, 0.717) is 0 Å². The summed E-state index contributed by atoms with van der Waals surface area (Å²) in [4.78, 5) is 0. The van der Waals surface area contributed by atoms with Crippen molar-refractivity contribution >= 4 is 16.9 Å². The minimum Gasteiger partial charge on any atom is -0.397 e. The van der Waals surface area contributed by atoms with Crippen molar-refractivity contribution in [2.75, 3.05) is 18.2 Å². The summed E-state index contributed by atoms with van der Waals surface area (Å²) in [5.74, 6) is 0. The summed E-state index contributed by atoms with van der Waals surface area (Å²) >= 11 is 0. The normalized spacial score (nSPS) is 10.1. The van der Waals surface area contributed by atoms with Gasteiger partial charge >= 0.3 is 0 Å². The van der Waals surface area contributed by atoms with Gasteiger partial charge in [-0.25, -0.2) is 5.43 Å². The minimum absolute atomic E-state index is 0.740. The highest BCUT2D eigenvalue weighted by Gasteiger charge is 2.02. The average Bonchev–Trinajstić information content (AvgIpc) is 2.29. The van der Waals surface area contributed by atoms with E-state index in [2.05, 4.69) is 24.4 Å². The second-order valence-electron chi connectivity index (χ2n) is 3.88. The average molecular weight is 219 g/mol. The first-order valence-corrected chi connectivity index (χ1v) is 5.69. The molecule has 0 fully saturated rings. The van der Waals surface area contributed by atoms with E-state index >= 15 is 0 Å². The number of hydrogen-bond donors (Lipinski definition) is 3. The zero-order chi connectivity index (χ0) is 12.0. The van der Waals surface area contributed by atoms with Gasteiger partial charge in [0.2, 0.25) is 0 Å². The molecular weight excluding hydrogens is 198 g/mol. The smallest absolute Gasteiger partial charge is 0.0718 e. The van der Waals surface area contributed by atoms with Gasteiger partial charge in [0.1, 0.15) is 0 Å². The standard InChI is InChI=1S/C13H21N3/c1-4-5-6-10(2)11-7-8-13(16-15-3)12(14)9-11/h7-9,15-16H,2,4-6,14H2,1,3H3. The van der Waals surface area contributed by atoms with E-state index in [1.54, 1.807) is 0 Å². The highest BCUT2D eigenvalue weighted by atomic mass is 15.3. The van der Waals surface area contributed by atoms with E-state index in [1.807, 2.05) is 25.2 Å². The van der Waals surface area contributed by atoms with E-state index < -0.39 is 0 Å². The highest BCUT2D eigenvalue weighted by Crippen LogP contribution is 2.25. The molecule has 0 heterocycles. The van der Waals surface area contributed by atoms with Gasteiger partial charge in [-0.3, -0.25) is 0 Å². The van der Waals surface area contributed by atoms with Gasteiger partial charge in [-0.05, 0) is 36.1 Å². The third-order valence-electron chi connectivity index (χ3n) is 2.55. The molecule has 0 radical (unpaired) electrons. The summed E-state index contributed by atoms with van der Waals surface area (Å²) in [5, 5.41) is 0. The van der Waals surface area contributed by atoms with Crippen molar-refractivity contribution in [3.8, 4) is 0 Å². The monoisotopic (exact) mass is 219 g/mol. The molecular formula is C13H21N3. The molecule has 0 aromatic heterocycles. The van der Waals surface area contributed by atoms with Crippen LogP contribution in [-0.4, -0.2) is 7.05 Å². The number of nitrogens with one attached hydrogen (secondary N) is 2. The van der Waals surface area contributed by atoms with Gasteiger partial charge in [-0.2, -0.15) is 0 Å². The summed E-state index contributed by atoms with van der Waals surface area (Å²) in [6, 6.07) is 5.99. The number of nitrogen functional groups attached to an aromatic ring is 1. The van der Waals surface area contributed by atoms with Gasteiger partial charge in [0, 0.05) is 7.05 Å². The Hall–Kier alpha value is -1.48. The Bertz CT molecular complexity index is 358. The Morgan fingerprint density at radius 1 is 1.44 bits per heavy atom. The van der Waals surface area contributed by atoms with Crippen LogP contribution >= 0.6 is 0 Å². The van der Waals surface area contributed by atoms with Crippen LogP contribution in [-0.2, 0) is 0 Å². The number of benzene rings is 1. The molecule has 0 amide bonds. The van der Waals surface area contributed by atoms with Crippen LogP contribution in [0.5, 0.6) is 0 Å². The Morgan fingerprint density at radius 2 is 2.19 bits per heavy atom. The maximum absolute atomic E-state index is 5.93. The number of rotatable bonds is 6. The lowest BCUT2D eigenvalue weighted by Gasteiger charge is -2.11. The number of allylic oxidation sites excluding steroid dienone is 1. The first kappa shape index (κ1) is 12.6. The molecule has 3 nitrogen and oxygen atoms in total. The van der Waals surface area contributed by atoms with Crippen molar-refractivity contribution in [1.29, 1.82) is 0 Å². The fourth-order valence-electron chi connectivity index (χ4n) is 1.57. The number of nitrogens with two attached hydrogens (primary N) is 1. The number of hydrazine groups is 1. The summed E-state index contributed by atoms with van der Waals surface area (Å²) in [5.41, 5.74) is 15.7. The van der Waals surface area contributed by atoms with Crippen molar-refractivity contribution in [1.82, 2.24) is 5.43 Å². The fraction of sp³-hybridized carbons (Fsp3) is 0.385. The molecule has 4 N–H and O–H groups in total. The third kappa shape index (κ3) is 3.28. The SMILES string of the molecule is C=C(CCCC)c1ccc(NNC)c(N)c1. The Morgan fingerprint density at radius 3 is 2.75 bits per heavy atom. The molecule has 88 valence electrons. The molecule has 1 aromatic carbocycles. The van der Waals surface area contributed by atoms with E-state index in [0.717, 1.165) is 28.9 Å². The summed E-state index contributed by atoms with van der Waals surface area (Å²) in [7, 11) is 1.81. The van der Waals surface area contributed by atoms with Crippen LogP contribution in [0.3, 0.4) is 0 Å². The highest BCUT2D eigenvalue weighted by molar-refractivity contribution is 5.74. The molecule has 0 aliphatic rings. The third-order valence-corrected chi connectivity index (χ3v) is 2.55. The number of hydrogen-bond acceptors (Lipinski definition) is 3. The maximum atomic E-state index is 5.93. The number of anilines is 2. The summed E-state index contributed by atoms with van der Waals surface area (Å²) < 4.78 is 0. The molecule has 16 heavy (non-hydrogen) atoms. The second-order valence-corrected chi connectivity index (χ2v) is 3.88. The Balaban J connectivity index is 2.76. The summed E-state index contributed by atoms with van der Waals surface area (Å²) in [6.45, 7) is 6.27. The molecule has 0 bridgehead atoms. The zero-order valence-electron chi connectivity index (χ0n) is 10.1. The van der Waals surface area contributed by atoms with E-state index in [4.69, 9.17) is 5.73 Å². The van der Waals surface area contributed by atoms with Crippen LogP contribution < -0.4 is 16.6 Å². The van der Waals surface area contributed by atoms with Crippen LogP contribution in [0.4, 0.5) is 11.4 Å². The molecule has 0 aliphatic heterocycles. The fourth-order valence-corrected chi connectivity index (χ4v) is 1.57. The number of unbranched alkanes of at least 4 members (excludes halogenated alkanes) is 1. The largest absolute Gasteiger partial charge is 0.397 e. The van der Waals surface area contributed by atoms with Crippen molar-refractivity contribution < 1.29 is 0 Å². The van der Waals surface area contributed by atoms with Gasteiger partial charge < -0.3 is 11.2 Å². The van der Waals surface area contributed by atoms with Crippen molar-refractivity contribution in [2.45, 2.75) is 26.2 Å². The topological polar surface area (TPSA) is 50.1 Å². The quantitative estimate of drug-likeness (QED) is 0.509. The second kappa shape index (κ2) is 6.18. The first-order valence-electron chi connectivity index (χ1n) is 5.69. The molecule has 0 saturated carbocycles. The van der Waals surface area contributed by atoms with E-state index in [9.17, 15) is 0 Å². The lowest BCUT2D eigenvalue weighted by Crippen LogP contribution is -2.16. The van der Waals surface area contributed by atoms with Gasteiger partial charge in [-0.1, -0.05) is 26.0 Å². The molecule has 1 rings (SSSR count). The van der Waals surface area contributed by atoms with Crippen LogP contribution in [0.2, 0.25) is 0 Å². The predicted octanol–water partition coefficient (Wildman–Crippen LogP) is 3.02. The van der Waals surface area contributed by atoms with Gasteiger partial charge in [0.05, 0.1) is 11.4 Å². The maximum Gasteiger partial charge on any atom is 0.0718 e. The Labute approximate surface area is 97.7 Å². The predicted molar refractivity (Wildman–Crippen MR) is 72.1 cm³/mol. The van der Waals surface area contributed by atoms with Crippen LogP contribution in [0.1, 0.15) is 31.7 Å². The van der Waals surface area contributed by atoms with Gasteiger partial charge in [0.25, 0.3) is 0 Å². The minimum atomic E-state index is 0.740. The summed E-state index contributed by atoms with van der Waals surface area (Å²) in [6.07, 6.45) is 3.40. The van der Waals surface area contributed by atoms with Crippen molar-refractivity contribution in [3.63, 3.8) is 0 Å². The molecule has 0 aliphatic carbocycles. The molecule has 3 heteroatoms. The lowest BCUT2D eigenvalue weighted by atomic mass is 10.0. The molecule has 0 atom stereocenters. The Kier molecular flexibility index (Phi) is 4.86. The molecule has 0 spiro atoms. The molecule has 0 saturated heterocycles. The molecule has 1 aromatic rings. The van der Waals surface area contributed by atoms with Crippen LogP contribution in [0.15, 0.2) is 24.8 Å². The van der Waals surface area contributed by atoms with Crippen molar-refractivity contribution in [2.24, 2.45) is 0 Å². The molecule has 0 unspecified atom stereocenters. The van der Waals surface area contributed by atoms with E-state index in [1.165, 1.54) is 12.8 Å². The lowest BCUT2D eigenvalue weighted by molar-refractivity contribution is 0.825. The van der Waals surface area contributed by atoms with Crippen molar-refractivity contribution in [3.05, 3.63) is 30.3 Å². The van der Waals surface area contributed by atoms with E-state index in [-0.39, 0.29) is 0 Å². The van der Waals surface area contributed by atoms with Gasteiger partial charge in [-0.15, -0.1) is 0 Å². The van der Waals surface area contributed by atoms with Crippen LogP contribution in [0, 0.1) is 0 Å². The zero-order valence-corrected chi connectivity index (χ0v) is 10.1. The van der Waals surface area contributed by atoms with Crippen LogP contribution in [0.25, 0.3) is 5.57 Å². The van der Waals surface area contributed by atoms with Gasteiger partial charge in [0.15, 0.2) is 0 Å².